The van der Waals surface area contributed by atoms with Crippen LogP contribution in [0.4, 0.5) is 0 Å². The van der Waals surface area contributed by atoms with Crippen LogP contribution in [0.15, 0.2) is 0 Å². The maximum absolute atomic E-state index is 6.03. The minimum Gasteiger partial charge on any atom is -0.375 e. The van der Waals surface area contributed by atoms with Gasteiger partial charge in [0.1, 0.15) is 12.2 Å². The van der Waals surface area contributed by atoms with Crippen molar-refractivity contribution < 1.29 is 18.9 Å². The largest absolute Gasteiger partial charge is 0.375 e. The molecule has 2 atom stereocenters. The Bertz CT molecular complexity index is 355. The molecule has 0 aromatic carbocycles. The molecule has 0 spiro atoms. The Morgan fingerprint density at radius 2 is 1.12 bits per heavy atom. The monoisotopic (exact) mass is 352 g/mol. The van der Waals surface area contributed by atoms with E-state index in [-0.39, 0.29) is 0 Å². The van der Waals surface area contributed by atoms with E-state index in [1.54, 1.807) is 0 Å². The molecule has 2 heterocycles. The average molecular weight is 353 g/mol. The fourth-order valence-corrected chi connectivity index (χ4v) is 5.23. The maximum Gasteiger partial charge on any atom is 0.104 e. The minimum atomic E-state index is 0.407. The molecule has 0 radical (unpaired) electrons. The van der Waals surface area contributed by atoms with Crippen LogP contribution >= 0.6 is 0 Å². The van der Waals surface area contributed by atoms with Crippen LogP contribution in [0.25, 0.3) is 0 Å². The van der Waals surface area contributed by atoms with Crippen molar-refractivity contribution in [3.8, 4) is 0 Å². The fourth-order valence-electron chi connectivity index (χ4n) is 5.23. The summed E-state index contributed by atoms with van der Waals surface area (Å²) in [5, 5.41) is 0. The van der Waals surface area contributed by atoms with Gasteiger partial charge in [0, 0.05) is 0 Å². The molecule has 0 N–H and O–H groups in total. The van der Waals surface area contributed by atoms with E-state index in [0.29, 0.717) is 24.4 Å². The lowest BCUT2D eigenvalue weighted by molar-refractivity contribution is -0.0170. The lowest BCUT2D eigenvalue weighted by Crippen LogP contribution is -2.33. The first-order chi connectivity index (χ1) is 12.3. The molecule has 4 heteroatoms. The van der Waals surface area contributed by atoms with Crippen molar-refractivity contribution in [2.45, 2.75) is 89.1 Å². The Hall–Kier alpha value is -0.160. The highest BCUT2D eigenvalue weighted by molar-refractivity contribution is 4.85. The van der Waals surface area contributed by atoms with Gasteiger partial charge in [-0.3, -0.25) is 0 Å². The van der Waals surface area contributed by atoms with E-state index in [9.17, 15) is 0 Å². The molecule has 4 aliphatic rings. The standard InChI is InChI=1S/C21H36O4/c1-2-21(15-3-7-17(8-4-15)22-11-19-13-24-19)16-5-9-18(10-6-16)23-12-20-14-25-20/h15-21H,2-14H2,1H3. The Morgan fingerprint density at radius 3 is 1.44 bits per heavy atom. The average Bonchev–Trinajstić information content (AvgIpc) is 3.56. The van der Waals surface area contributed by atoms with Crippen LogP contribution in [0.2, 0.25) is 0 Å². The molecule has 144 valence electrons. The lowest BCUT2D eigenvalue weighted by atomic mass is 9.68. The first-order valence-electron chi connectivity index (χ1n) is 10.8. The second kappa shape index (κ2) is 8.69. The van der Waals surface area contributed by atoms with E-state index in [1.807, 2.05) is 0 Å². The van der Waals surface area contributed by atoms with E-state index in [1.165, 1.54) is 57.8 Å². The molecular formula is C21H36O4. The van der Waals surface area contributed by atoms with Gasteiger partial charge in [-0.15, -0.1) is 0 Å². The predicted molar refractivity (Wildman–Crippen MR) is 96.7 cm³/mol. The van der Waals surface area contributed by atoms with Gasteiger partial charge in [-0.2, -0.15) is 0 Å². The van der Waals surface area contributed by atoms with Crippen LogP contribution in [0.5, 0.6) is 0 Å². The van der Waals surface area contributed by atoms with Gasteiger partial charge in [-0.1, -0.05) is 13.3 Å². The number of rotatable bonds is 9. The normalized spacial score (nSPS) is 42.1. The van der Waals surface area contributed by atoms with Gasteiger partial charge in [-0.25, -0.2) is 0 Å². The molecule has 4 rings (SSSR count). The SMILES string of the molecule is CCC(C1CCC(OCC2CO2)CC1)C1CCC(OCC2CO2)CC1. The Kier molecular flexibility index (Phi) is 6.33. The molecule has 0 amide bonds. The summed E-state index contributed by atoms with van der Waals surface area (Å²) >= 11 is 0. The summed E-state index contributed by atoms with van der Waals surface area (Å²) in [4.78, 5) is 0. The smallest absolute Gasteiger partial charge is 0.104 e. The topological polar surface area (TPSA) is 43.5 Å². The van der Waals surface area contributed by atoms with E-state index in [0.717, 1.165) is 44.2 Å². The van der Waals surface area contributed by atoms with E-state index in [2.05, 4.69) is 6.92 Å². The molecule has 2 aliphatic carbocycles. The van der Waals surface area contributed by atoms with Crippen molar-refractivity contribution in [2.75, 3.05) is 26.4 Å². The summed E-state index contributed by atoms with van der Waals surface area (Å²) in [6.07, 6.45) is 13.6. The van der Waals surface area contributed by atoms with Gasteiger partial charge in [0.25, 0.3) is 0 Å². The summed E-state index contributed by atoms with van der Waals surface area (Å²) in [5.74, 6) is 2.76. The highest BCUT2D eigenvalue weighted by Gasteiger charge is 2.35. The van der Waals surface area contributed by atoms with E-state index < -0.39 is 0 Å². The van der Waals surface area contributed by atoms with Gasteiger partial charge in [-0.05, 0) is 69.1 Å². The molecular weight excluding hydrogens is 316 g/mol. The van der Waals surface area contributed by atoms with Crippen LogP contribution in [-0.4, -0.2) is 50.8 Å². The molecule has 0 aromatic rings. The van der Waals surface area contributed by atoms with Gasteiger partial charge < -0.3 is 18.9 Å². The second-order valence-corrected chi connectivity index (χ2v) is 8.72. The van der Waals surface area contributed by atoms with Crippen LogP contribution in [0.3, 0.4) is 0 Å². The van der Waals surface area contributed by atoms with Crippen LogP contribution in [0, 0.1) is 17.8 Å². The highest BCUT2D eigenvalue weighted by Crippen LogP contribution is 2.42. The first kappa shape index (κ1) is 18.2. The van der Waals surface area contributed by atoms with Crippen molar-refractivity contribution in [2.24, 2.45) is 17.8 Å². The zero-order valence-electron chi connectivity index (χ0n) is 15.9. The second-order valence-electron chi connectivity index (χ2n) is 8.72. The van der Waals surface area contributed by atoms with E-state index in [4.69, 9.17) is 18.9 Å². The molecule has 0 bridgehead atoms. The third-order valence-corrected chi connectivity index (χ3v) is 6.96. The Balaban J connectivity index is 1.17. The van der Waals surface area contributed by atoms with Crippen molar-refractivity contribution in [1.29, 1.82) is 0 Å². The van der Waals surface area contributed by atoms with Crippen LogP contribution in [0.1, 0.15) is 64.7 Å². The molecule has 2 saturated carbocycles. The quantitative estimate of drug-likeness (QED) is 0.589. The first-order valence-corrected chi connectivity index (χ1v) is 10.8. The maximum atomic E-state index is 6.03. The molecule has 0 aromatic heterocycles. The summed E-state index contributed by atoms with van der Waals surface area (Å²) < 4.78 is 22.6. The number of epoxide rings is 2. The number of ether oxygens (including phenoxy) is 4. The molecule has 4 fully saturated rings. The Labute approximate surface area is 152 Å². The predicted octanol–water partition coefficient (Wildman–Crippen LogP) is 3.96. The lowest BCUT2D eigenvalue weighted by Gasteiger charge is -2.40. The third-order valence-electron chi connectivity index (χ3n) is 6.96. The van der Waals surface area contributed by atoms with Gasteiger partial charge in [0.15, 0.2) is 0 Å². The highest BCUT2D eigenvalue weighted by atomic mass is 16.6. The minimum absolute atomic E-state index is 0.407. The summed E-state index contributed by atoms with van der Waals surface area (Å²) in [5.41, 5.74) is 0. The summed E-state index contributed by atoms with van der Waals surface area (Å²) in [6, 6.07) is 0. The van der Waals surface area contributed by atoms with Gasteiger partial charge in [0.05, 0.1) is 38.6 Å². The molecule has 4 nitrogen and oxygen atoms in total. The van der Waals surface area contributed by atoms with Gasteiger partial charge in [0.2, 0.25) is 0 Å². The Morgan fingerprint density at radius 1 is 0.720 bits per heavy atom. The third kappa shape index (κ3) is 5.41. The number of hydrogen-bond donors (Lipinski definition) is 0. The molecule has 2 aliphatic heterocycles. The summed E-state index contributed by atoms with van der Waals surface area (Å²) in [7, 11) is 0. The zero-order valence-corrected chi connectivity index (χ0v) is 15.9. The summed E-state index contributed by atoms with van der Waals surface area (Å²) in [6.45, 7) is 5.87. The van der Waals surface area contributed by atoms with Crippen molar-refractivity contribution in [3.05, 3.63) is 0 Å². The van der Waals surface area contributed by atoms with Gasteiger partial charge >= 0.3 is 0 Å². The fraction of sp³-hybridized carbons (Fsp3) is 1.00. The molecule has 25 heavy (non-hydrogen) atoms. The van der Waals surface area contributed by atoms with Crippen molar-refractivity contribution in [3.63, 3.8) is 0 Å². The molecule has 2 unspecified atom stereocenters. The van der Waals surface area contributed by atoms with E-state index >= 15 is 0 Å². The number of hydrogen-bond acceptors (Lipinski definition) is 4. The van der Waals surface area contributed by atoms with Crippen LogP contribution in [-0.2, 0) is 18.9 Å². The van der Waals surface area contributed by atoms with Crippen molar-refractivity contribution >= 4 is 0 Å². The zero-order chi connectivity index (χ0) is 17.1. The van der Waals surface area contributed by atoms with Crippen LogP contribution < -0.4 is 0 Å². The van der Waals surface area contributed by atoms with Crippen molar-refractivity contribution in [1.82, 2.24) is 0 Å². The molecule has 2 saturated heterocycles.